The Hall–Kier alpha value is -0.950. The third-order valence-corrected chi connectivity index (χ3v) is 5.92. The topological polar surface area (TPSA) is 66.4 Å². The summed E-state index contributed by atoms with van der Waals surface area (Å²) < 4.78 is 26.7. The second kappa shape index (κ2) is 9.25. The lowest BCUT2D eigenvalue weighted by molar-refractivity contribution is 0.292. The highest BCUT2D eigenvalue weighted by atomic mass is 79.9. The zero-order valence-electron chi connectivity index (χ0n) is 12.8. The minimum absolute atomic E-state index is 0.0293. The van der Waals surface area contributed by atoms with Crippen LogP contribution in [0.4, 0.5) is 0 Å². The molecule has 1 aromatic rings. The normalized spacial score (nSPS) is 14.5. The molecule has 0 aliphatic rings. The van der Waals surface area contributed by atoms with Crippen LogP contribution in [0.1, 0.15) is 24.7 Å². The van der Waals surface area contributed by atoms with E-state index in [0.29, 0.717) is 11.4 Å². The van der Waals surface area contributed by atoms with Crippen LogP contribution in [0.15, 0.2) is 51.9 Å². The Labute approximate surface area is 141 Å². The molecule has 0 aliphatic heterocycles. The molecular weight excluding hydrogens is 366 g/mol. The van der Waals surface area contributed by atoms with Gasteiger partial charge in [0, 0.05) is 17.6 Å². The summed E-state index contributed by atoms with van der Waals surface area (Å²) in [6, 6.07) is 7.26. The van der Waals surface area contributed by atoms with Gasteiger partial charge < -0.3 is 10.4 Å². The van der Waals surface area contributed by atoms with Crippen molar-refractivity contribution in [1.29, 1.82) is 0 Å². The Balaban J connectivity index is 3.21. The third kappa shape index (κ3) is 5.05. The first-order chi connectivity index (χ1) is 10.5. The number of sulfone groups is 1. The van der Waals surface area contributed by atoms with E-state index < -0.39 is 15.1 Å². The smallest absolute Gasteiger partial charge is 0.186 e. The zero-order valence-corrected chi connectivity index (χ0v) is 15.2. The zero-order chi connectivity index (χ0) is 16.6. The molecule has 0 amide bonds. The van der Waals surface area contributed by atoms with E-state index in [1.807, 2.05) is 12.1 Å². The lowest BCUT2D eigenvalue weighted by Crippen LogP contribution is -2.29. The minimum Gasteiger partial charge on any atom is -0.395 e. The van der Waals surface area contributed by atoms with Crippen LogP contribution in [0.2, 0.25) is 0 Å². The van der Waals surface area contributed by atoms with Gasteiger partial charge in [0.15, 0.2) is 9.84 Å². The minimum atomic E-state index is -3.51. The van der Waals surface area contributed by atoms with Crippen LogP contribution < -0.4 is 5.32 Å². The molecule has 0 spiro atoms. The summed E-state index contributed by atoms with van der Waals surface area (Å²) in [5.74, 6) is 0. The molecule has 4 nitrogen and oxygen atoms in total. The Morgan fingerprint density at radius 3 is 2.45 bits per heavy atom. The molecule has 22 heavy (non-hydrogen) atoms. The first-order valence-electron chi connectivity index (χ1n) is 7.07. The van der Waals surface area contributed by atoms with Gasteiger partial charge in [0.05, 0.1) is 11.5 Å². The van der Waals surface area contributed by atoms with Crippen LogP contribution in [0.25, 0.3) is 0 Å². The van der Waals surface area contributed by atoms with Gasteiger partial charge in [-0.15, -0.1) is 0 Å². The second-order valence-corrected chi connectivity index (χ2v) is 7.75. The fraction of sp³-hybridized carbons (Fsp3) is 0.375. The van der Waals surface area contributed by atoms with Gasteiger partial charge in [0.1, 0.15) is 5.25 Å². The Kier molecular flexibility index (Phi) is 8.03. The van der Waals surface area contributed by atoms with Gasteiger partial charge in [-0.2, -0.15) is 0 Å². The standard InChI is InChI=1S/C16H22BrNO3S/c1-3-5-15(4-2)22(20,21)16(12-18-10-11-19)13-6-8-14(17)9-7-13/h3-9,16,18-19H,10-12H2,1-2H3/b5-3-,15-4+. The molecule has 0 aliphatic carbocycles. The van der Waals surface area contributed by atoms with Crippen LogP contribution in [0.5, 0.6) is 0 Å². The second-order valence-electron chi connectivity index (χ2n) is 4.70. The van der Waals surface area contributed by atoms with E-state index >= 15 is 0 Å². The van der Waals surface area contributed by atoms with Crippen molar-refractivity contribution < 1.29 is 13.5 Å². The highest BCUT2D eigenvalue weighted by molar-refractivity contribution is 9.10. The fourth-order valence-corrected chi connectivity index (χ4v) is 4.18. The summed E-state index contributed by atoms with van der Waals surface area (Å²) in [6.07, 6.45) is 4.92. The van der Waals surface area contributed by atoms with Crippen molar-refractivity contribution >= 4 is 25.8 Å². The van der Waals surface area contributed by atoms with E-state index in [9.17, 15) is 8.42 Å². The summed E-state index contributed by atoms with van der Waals surface area (Å²) >= 11 is 3.36. The predicted octanol–water partition coefficient (Wildman–Crippen LogP) is 2.97. The summed E-state index contributed by atoms with van der Waals surface area (Å²) in [5.41, 5.74) is 0.720. The van der Waals surface area contributed by atoms with Gasteiger partial charge in [-0.05, 0) is 37.6 Å². The van der Waals surface area contributed by atoms with Crippen molar-refractivity contribution in [3.05, 3.63) is 57.4 Å². The van der Waals surface area contributed by atoms with Gasteiger partial charge in [-0.3, -0.25) is 0 Å². The fourth-order valence-electron chi connectivity index (χ4n) is 2.08. The van der Waals surface area contributed by atoms with Gasteiger partial charge in [-0.1, -0.05) is 40.2 Å². The maximum absolute atomic E-state index is 12.9. The van der Waals surface area contributed by atoms with Crippen molar-refractivity contribution in [2.75, 3.05) is 19.7 Å². The highest BCUT2D eigenvalue weighted by Crippen LogP contribution is 2.29. The Morgan fingerprint density at radius 1 is 1.32 bits per heavy atom. The maximum atomic E-state index is 12.9. The number of aliphatic hydroxyl groups excluding tert-OH is 1. The lowest BCUT2D eigenvalue weighted by Gasteiger charge is -2.19. The number of rotatable bonds is 8. The number of hydrogen-bond donors (Lipinski definition) is 2. The van der Waals surface area contributed by atoms with Crippen molar-refractivity contribution in [1.82, 2.24) is 5.32 Å². The van der Waals surface area contributed by atoms with E-state index in [1.165, 1.54) is 0 Å². The molecule has 2 N–H and O–H groups in total. The van der Waals surface area contributed by atoms with Crippen molar-refractivity contribution in [3.8, 4) is 0 Å². The molecule has 0 saturated heterocycles. The van der Waals surface area contributed by atoms with E-state index in [-0.39, 0.29) is 13.2 Å². The Morgan fingerprint density at radius 2 is 1.95 bits per heavy atom. The van der Waals surface area contributed by atoms with Crippen molar-refractivity contribution in [2.45, 2.75) is 19.1 Å². The average Bonchev–Trinajstić information content (AvgIpc) is 2.50. The predicted molar refractivity (Wildman–Crippen MR) is 94.3 cm³/mol. The quantitative estimate of drug-likeness (QED) is 0.531. The van der Waals surface area contributed by atoms with Crippen LogP contribution in [0, 0.1) is 0 Å². The summed E-state index contributed by atoms with van der Waals surface area (Å²) in [4.78, 5) is 0.300. The molecule has 0 saturated carbocycles. The summed E-state index contributed by atoms with van der Waals surface area (Å²) in [7, 11) is -3.51. The molecule has 0 bridgehead atoms. The van der Waals surface area contributed by atoms with Gasteiger partial charge in [0.25, 0.3) is 0 Å². The van der Waals surface area contributed by atoms with E-state index in [2.05, 4.69) is 21.2 Å². The molecule has 1 aromatic carbocycles. The van der Waals surface area contributed by atoms with E-state index in [0.717, 1.165) is 10.0 Å². The molecule has 1 atom stereocenters. The van der Waals surface area contributed by atoms with Crippen LogP contribution in [-0.4, -0.2) is 33.2 Å². The Bertz CT molecular complexity index is 621. The maximum Gasteiger partial charge on any atom is 0.186 e. The summed E-state index contributed by atoms with van der Waals surface area (Å²) in [5, 5.41) is 11.2. The first kappa shape index (κ1) is 19.1. The molecule has 0 fully saturated rings. The van der Waals surface area contributed by atoms with Gasteiger partial charge in [0.2, 0.25) is 0 Å². The van der Waals surface area contributed by atoms with Crippen LogP contribution in [0.3, 0.4) is 0 Å². The van der Waals surface area contributed by atoms with Gasteiger partial charge >= 0.3 is 0 Å². The van der Waals surface area contributed by atoms with Gasteiger partial charge in [-0.25, -0.2) is 8.42 Å². The number of benzene rings is 1. The average molecular weight is 388 g/mol. The van der Waals surface area contributed by atoms with Crippen molar-refractivity contribution in [2.24, 2.45) is 0 Å². The van der Waals surface area contributed by atoms with Crippen molar-refractivity contribution in [3.63, 3.8) is 0 Å². The lowest BCUT2D eigenvalue weighted by atomic mass is 10.1. The molecular formula is C16H22BrNO3S. The van der Waals surface area contributed by atoms with E-state index in [4.69, 9.17) is 5.11 Å². The summed E-state index contributed by atoms with van der Waals surface area (Å²) in [6.45, 7) is 4.08. The number of halogens is 1. The SMILES string of the molecule is C/C=C\C(=C/C)S(=O)(=O)C(CNCCO)c1ccc(Br)cc1. The molecule has 1 unspecified atom stereocenters. The molecule has 6 heteroatoms. The highest BCUT2D eigenvalue weighted by Gasteiger charge is 2.29. The first-order valence-corrected chi connectivity index (χ1v) is 9.41. The molecule has 0 aromatic heterocycles. The number of hydrogen-bond acceptors (Lipinski definition) is 4. The number of nitrogens with one attached hydrogen (secondary N) is 1. The monoisotopic (exact) mass is 387 g/mol. The van der Waals surface area contributed by atoms with E-state index in [1.54, 1.807) is 44.2 Å². The number of allylic oxidation sites excluding steroid dienone is 3. The largest absolute Gasteiger partial charge is 0.395 e. The van der Waals surface area contributed by atoms with Crippen LogP contribution >= 0.6 is 15.9 Å². The van der Waals surface area contributed by atoms with Crippen LogP contribution in [-0.2, 0) is 9.84 Å². The third-order valence-electron chi connectivity index (χ3n) is 3.18. The molecule has 0 radical (unpaired) electrons. The molecule has 122 valence electrons. The number of aliphatic hydroxyl groups is 1. The molecule has 0 heterocycles. The molecule has 1 rings (SSSR count).